The third-order valence-electron chi connectivity index (χ3n) is 5.87. The first kappa shape index (κ1) is 19.0. The molecule has 2 atom stereocenters. The highest BCUT2D eigenvalue weighted by molar-refractivity contribution is 6.10. The number of aromatic nitrogens is 2. The number of benzene rings is 1. The molecule has 150 valence electrons. The summed E-state index contributed by atoms with van der Waals surface area (Å²) in [6, 6.07) is 7.36. The molecule has 2 N–H and O–H groups in total. The number of para-hydroxylation sites is 1. The number of hydrogen-bond donors (Lipinski definition) is 2. The molecule has 1 aromatic carbocycles. The quantitative estimate of drug-likeness (QED) is 0.553. The Balaban J connectivity index is 1.99. The van der Waals surface area contributed by atoms with Gasteiger partial charge in [-0.1, -0.05) is 12.1 Å². The predicted molar refractivity (Wildman–Crippen MR) is 102 cm³/mol. The third kappa shape index (κ3) is 2.34. The van der Waals surface area contributed by atoms with Gasteiger partial charge in [-0.05, 0) is 19.1 Å². The molecule has 2 unspecified atom stereocenters. The maximum Gasteiger partial charge on any atom is 0.358 e. The van der Waals surface area contributed by atoms with E-state index in [1.807, 2.05) is 24.3 Å². The van der Waals surface area contributed by atoms with Gasteiger partial charge >= 0.3 is 5.97 Å². The molecule has 0 spiro atoms. The number of Topliss-reactive ketones (excluding diaryl/α,β-unsaturated/α-hetero) is 1. The Labute approximate surface area is 166 Å². The van der Waals surface area contributed by atoms with E-state index in [-0.39, 0.29) is 5.91 Å². The number of ketones is 1. The van der Waals surface area contributed by atoms with Crippen LogP contribution in [0.2, 0.25) is 0 Å². The Bertz CT molecular complexity index is 1050. The summed E-state index contributed by atoms with van der Waals surface area (Å²) in [6.45, 7) is 3.00. The second-order valence-corrected chi connectivity index (χ2v) is 7.30. The number of aliphatic hydroxyl groups is 1. The van der Waals surface area contributed by atoms with E-state index < -0.39 is 23.5 Å². The van der Waals surface area contributed by atoms with E-state index in [0.717, 1.165) is 12.5 Å². The molecule has 0 bridgehead atoms. The molecular weight excluding hydrogens is 376 g/mol. The molecule has 9 heteroatoms. The maximum absolute atomic E-state index is 12.4. The van der Waals surface area contributed by atoms with E-state index in [2.05, 4.69) is 4.98 Å². The average Bonchev–Trinajstić information content (AvgIpc) is 2.80. The zero-order valence-electron chi connectivity index (χ0n) is 16.3. The lowest BCUT2D eigenvalue weighted by Crippen LogP contribution is -2.61. The molecular formula is C20H21N4O5+. The van der Waals surface area contributed by atoms with E-state index in [0.29, 0.717) is 35.7 Å². The molecule has 0 aliphatic carbocycles. The lowest BCUT2D eigenvalue weighted by molar-refractivity contribution is -0.742. The molecule has 9 nitrogen and oxygen atoms in total. The summed E-state index contributed by atoms with van der Waals surface area (Å²) in [4.78, 5) is 44.2. The van der Waals surface area contributed by atoms with Gasteiger partial charge < -0.3 is 15.1 Å². The number of hydrogen-bond acceptors (Lipinski definition) is 6. The first-order chi connectivity index (χ1) is 13.7. The topological polar surface area (TPSA) is 115 Å². The number of carboxylic acid groups (broad SMARTS) is 1. The summed E-state index contributed by atoms with van der Waals surface area (Å²) < 4.78 is 1.32. The number of likely N-dealkylation sites (N-methyl/N-ethyl adjacent to an activating group) is 1. The number of carboxylic acids is 1. The Morgan fingerprint density at radius 3 is 2.55 bits per heavy atom. The highest BCUT2D eigenvalue weighted by atomic mass is 16.4. The summed E-state index contributed by atoms with van der Waals surface area (Å²) in [7, 11) is 1.48. The number of amides is 1. The highest BCUT2D eigenvalue weighted by Crippen LogP contribution is 2.42. The molecule has 1 aromatic heterocycles. The van der Waals surface area contributed by atoms with Crippen LogP contribution in [-0.4, -0.2) is 52.0 Å². The zero-order valence-corrected chi connectivity index (χ0v) is 16.3. The van der Waals surface area contributed by atoms with Crippen molar-refractivity contribution in [1.82, 2.24) is 4.98 Å². The molecule has 0 saturated heterocycles. The lowest BCUT2D eigenvalue weighted by atomic mass is 9.92. The van der Waals surface area contributed by atoms with Crippen LogP contribution in [0.5, 0.6) is 0 Å². The van der Waals surface area contributed by atoms with Crippen molar-refractivity contribution in [3.05, 3.63) is 36.2 Å². The van der Waals surface area contributed by atoms with E-state index in [9.17, 15) is 24.6 Å². The van der Waals surface area contributed by atoms with E-state index in [1.165, 1.54) is 29.8 Å². The van der Waals surface area contributed by atoms with E-state index in [1.54, 1.807) is 4.90 Å². The molecule has 0 fully saturated rings. The summed E-state index contributed by atoms with van der Waals surface area (Å²) in [5.74, 6) is -1.83. The number of aliphatic carboxylic acids is 1. The van der Waals surface area contributed by atoms with Crippen molar-refractivity contribution < 1.29 is 29.2 Å². The number of fused-ring (bicyclic) bond motifs is 5. The van der Waals surface area contributed by atoms with Crippen molar-refractivity contribution in [2.45, 2.75) is 32.0 Å². The standard InChI is InChI=1S/C20H20N4O5/c1-11(25)20(19(28)29)18(27)24-10-21-16-13-6-4-5-7-15(13)23(12(2)26)9-8-14(16)17(24)22(20)3/h4-7,10,18,27H,8-9H2,1-3H3/p+1. The minimum atomic E-state index is -2.14. The highest BCUT2D eigenvalue weighted by Gasteiger charge is 2.65. The summed E-state index contributed by atoms with van der Waals surface area (Å²) in [6.07, 6.45) is 0.110. The average molecular weight is 397 g/mol. The number of carbonyl (C=O) groups excluding carboxylic acids is 2. The van der Waals surface area contributed by atoms with Gasteiger partial charge in [0.15, 0.2) is 11.5 Å². The maximum atomic E-state index is 12.4. The first-order valence-corrected chi connectivity index (χ1v) is 9.19. The third-order valence-corrected chi connectivity index (χ3v) is 5.87. The monoisotopic (exact) mass is 397 g/mol. The van der Waals surface area contributed by atoms with Crippen molar-refractivity contribution >= 4 is 29.2 Å². The molecule has 2 aliphatic heterocycles. The van der Waals surface area contributed by atoms with Gasteiger partial charge in [0, 0.05) is 25.5 Å². The second kappa shape index (κ2) is 6.35. The van der Waals surface area contributed by atoms with Crippen molar-refractivity contribution in [2.24, 2.45) is 0 Å². The minimum Gasteiger partial charge on any atom is -0.478 e. The van der Waals surface area contributed by atoms with Gasteiger partial charge in [-0.15, -0.1) is 4.98 Å². The van der Waals surface area contributed by atoms with Crippen LogP contribution in [0.25, 0.3) is 11.3 Å². The van der Waals surface area contributed by atoms with Crippen LogP contribution in [-0.2, 0) is 20.8 Å². The van der Waals surface area contributed by atoms with Gasteiger partial charge in [0.2, 0.25) is 24.3 Å². The Kier molecular flexibility index (Phi) is 4.16. The molecule has 4 rings (SSSR count). The van der Waals surface area contributed by atoms with E-state index in [4.69, 9.17) is 0 Å². The van der Waals surface area contributed by atoms with Gasteiger partial charge in [0.05, 0.1) is 18.3 Å². The summed E-state index contributed by atoms with van der Waals surface area (Å²) in [5, 5.41) is 20.7. The molecule has 1 amide bonds. The van der Waals surface area contributed by atoms with Crippen LogP contribution in [0.1, 0.15) is 25.6 Å². The van der Waals surface area contributed by atoms with Crippen molar-refractivity contribution in [3.63, 3.8) is 0 Å². The van der Waals surface area contributed by atoms with Crippen LogP contribution in [0.15, 0.2) is 30.6 Å². The molecule has 2 aliphatic rings. The fraction of sp³-hybridized carbons (Fsp3) is 0.350. The largest absolute Gasteiger partial charge is 0.478 e. The van der Waals surface area contributed by atoms with Gasteiger partial charge in [-0.25, -0.2) is 9.36 Å². The molecule has 0 saturated carbocycles. The normalized spacial score (nSPS) is 22.4. The zero-order chi connectivity index (χ0) is 21.1. The molecule has 29 heavy (non-hydrogen) atoms. The number of aliphatic hydroxyl groups excluding tert-OH is 1. The SMILES string of the molecule is CC(=O)N1CCc2c(nc[n+]3c2N(C)C(C(C)=O)(C(=O)O)C3O)-c2ccccc21. The second-order valence-electron chi connectivity index (χ2n) is 7.30. The number of nitrogens with zero attached hydrogens (tertiary/aromatic N) is 4. The van der Waals surface area contributed by atoms with Crippen LogP contribution >= 0.6 is 0 Å². The number of carbonyl (C=O) groups is 3. The Morgan fingerprint density at radius 2 is 1.93 bits per heavy atom. The van der Waals surface area contributed by atoms with Crippen LogP contribution < -0.4 is 14.4 Å². The summed E-state index contributed by atoms with van der Waals surface area (Å²) in [5.41, 5.74) is 0.579. The molecule has 0 radical (unpaired) electrons. The Morgan fingerprint density at radius 1 is 1.24 bits per heavy atom. The van der Waals surface area contributed by atoms with Crippen LogP contribution in [0.4, 0.5) is 11.5 Å². The van der Waals surface area contributed by atoms with Gasteiger partial charge in [-0.3, -0.25) is 14.5 Å². The number of rotatable bonds is 2. The number of anilines is 2. The predicted octanol–water partition coefficient (Wildman–Crippen LogP) is 0.298. The van der Waals surface area contributed by atoms with Crippen molar-refractivity contribution in [1.29, 1.82) is 0 Å². The van der Waals surface area contributed by atoms with Crippen molar-refractivity contribution in [2.75, 3.05) is 23.4 Å². The molecule has 2 aromatic rings. The Hall–Kier alpha value is -3.33. The minimum absolute atomic E-state index is 0.119. The van der Waals surface area contributed by atoms with Crippen molar-refractivity contribution in [3.8, 4) is 11.3 Å². The summed E-state index contributed by atoms with van der Waals surface area (Å²) >= 11 is 0. The van der Waals surface area contributed by atoms with Gasteiger partial charge in [0.1, 0.15) is 0 Å². The smallest absolute Gasteiger partial charge is 0.358 e. The van der Waals surface area contributed by atoms with Crippen LogP contribution in [0, 0.1) is 0 Å². The first-order valence-electron chi connectivity index (χ1n) is 9.19. The van der Waals surface area contributed by atoms with Gasteiger partial charge in [0.25, 0.3) is 5.54 Å². The lowest BCUT2D eigenvalue weighted by Gasteiger charge is -2.27. The van der Waals surface area contributed by atoms with E-state index >= 15 is 0 Å². The molecule has 3 heterocycles. The van der Waals surface area contributed by atoms with Crippen LogP contribution in [0.3, 0.4) is 0 Å². The van der Waals surface area contributed by atoms with Gasteiger partial charge in [-0.2, -0.15) is 0 Å². The fourth-order valence-electron chi connectivity index (χ4n) is 4.48. The fourth-order valence-corrected chi connectivity index (χ4v) is 4.48.